The van der Waals surface area contributed by atoms with Crippen LogP contribution in [0.5, 0.6) is 0 Å². The van der Waals surface area contributed by atoms with Crippen LogP contribution in [0.25, 0.3) is 0 Å². The Morgan fingerprint density at radius 3 is 2.44 bits per heavy atom. The lowest BCUT2D eigenvalue weighted by molar-refractivity contribution is -0.125. The minimum atomic E-state index is -0.652. The van der Waals surface area contributed by atoms with E-state index >= 15 is 0 Å². The molecule has 7 nitrogen and oxygen atoms in total. The number of rotatable bonds is 8. The molecule has 2 atom stereocenters. The fourth-order valence-corrected chi connectivity index (χ4v) is 1.28. The average molecular weight is 257 g/mol. The third-order valence-electron chi connectivity index (χ3n) is 2.48. The van der Waals surface area contributed by atoms with Crippen LogP contribution in [-0.2, 0) is 9.59 Å². The molecule has 0 radical (unpaired) electrons. The Morgan fingerprint density at radius 2 is 2.00 bits per heavy atom. The summed E-state index contributed by atoms with van der Waals surface area (Å²) >= 11 is 0. The van der Waals surface area contributed by atoms with Gasteiger partial charge in [0.25, 0.3) is 0 Å². The lowest BCUT2D eigenvalue weighted by atomic mass is 10.0. The number of guanidine groups is 1. The van der Waals surface area contributed by atoms with E-state index in [-0.39, 0.29) is 17.8 Å². The van der Waals surface area contributed by atoms with Crippen LogP contribution in [0.4, 0.5) is 0 Å². The molecule has 7 N–H and O–H groups in total. The number of carbonyl (C=O) groups excluding carboxylic acids is 2. The summed E-state index contributed by atoms with van der Waals surface area (Å²) in [5.41, 5.74) is 16.0. The lowest BCUT2D eigenvalue weighted by Gasteiger charge is -2.19. The van der Waals surface area contributed by atoms with Crippen LogP contribution < -0.4 is 22.5 Å². The topological polar surface area (TPSA) is 137 Å². The molecule has 0 aliphatic rings. The van der Waals surface area contributed by atoms with E-state index in [0.717, 1.165) is 0 Å². The summed E-state index contributed by atoms with van der Waals surface area (Å²) in [5, 5.41) is 2.60. The van der Waals surface area contributed by atoms with Gasteiger partial charge in [-0.25, -0.2) is 0 Å². The number of nitrogens with one attached hydrogen (secondary N) is 1. The smallest absolute Gasteiger partial charge is 0.237 e. The number of nitrogens with two attached hydrogens (primary N) is 3. The lowest BCUT2D eigenvalue weighted by Crippen LogP contribution is -2.47. The highest BCUT2D eigenvalue weighted by molar-refractivity contribution is 5.84. The molecular formula is C11H23N5O2. The third kappa shape index (κ3) is 6.85. The van der Waals surface area contributed by atoms with E-state index in [1.165, 1.54) is 0 Å². The standard InChI is InChI=1S/C11H23N5O2/c1-7(2)9(6-17)16-10(18)8(12)4-3-5-15-11(13)14/h6-9H,3-5,12H2,1-2H3,(H,16,18)(H4,13,14,15). The predicted molar refractivity (Wildman–Crippen MR) is 70.7 cm³/mol. The third-order valence-corrected chi connectivity index (χ3v) is 2.48. The van der Waals surface area contributed by atoms with Crippen molar-refractivity contribution in [3.05, 3.63) is 0 Å². The van der Waals surface area contributed by atoms with Gasteiger partial charge in [0.2, 0.25) is 5.91 Å². The molecule has 0 rings (SSSR count). The largest absolute Gasteiger partial charge is 0.370 e. The van der Waals surface area contributed by atoms with Crippen LogP contribution in [0.15, 0.2) is 4.99 Å². The zero-order valence-corrected chi connectivity index (χ0v) is 10.9. The van der Waals surface area contributed by atoms with E-state index in [4.69, 9.17) is 17.2 Å². The Bertz CT molecular complexity index is 300. The first-order valence-electron chi connectivity index (χ1n) is 5.95. The van der Waals surface area contributed by atoms with Gasteiger partial charge in [-0.05, 0) is 18.8 Å². The quantitative estimate of drug-likeness (QED) is 0.185. The van der Waals surface area contributed by atoms with Crippen molar-refractivity contribution in [2.45, 2.75) is 38.8 Å². The van der Waals surface area contributed by atoms with Crippen molar-refractivity contribution in [2.24, 2.45) is 28.1 Å². The van der Waals surface area contributed by atoms with E-state index in [9.17, 15) is 9.59 Å². The van der Waals surface area contributed by atoms with Gasteiger partial charge in [0, 0.05) is 6.54 Å². The van der Waals surface area contributed by atoms with Gasteiger partial charge in [-0.2, -0.15) is 0 Å². The van der Waals surface area contributed by atoms with Gasteiger partial charge < -0.3 is 27.3 Å². The van der Waals surface area contributed by atoms with Crippen LogP contribution in [0, 0.1) is 5.92 Å². The molecule has 0 aliphatic carbocycles. The highest BCUT2D eigenvalue weighted by Crippen LogP contribution is 2.01. The van der Waals surface area contributed by atoms with Crippen molar-refractivity contribution >= 4 is 18.2 Å². The average Bonchev–Trinajstić information content (AvgIpc) is 2.30. The number of amides is 1. The first-order valence-corrected chi connectivity index (χ1v) is 5.95. The number of nitrogens with zero attached hydrogens (tertiary/aromatic N) is 1. The summed E-state index contributed by atoms with van der Waals surface area (Å²) in [5.74, 6) is -0.264. The minimum absolute atomic E-state index is 0.0221. The number of aldehydes is 1. The molecule has 0 bridgehead atoms. The molecule has 0 heterocycles. The second kappa shape index (κ2) is 8.46. The molecule has 0 aromatic carbocycles. The van der Waals surface area contributed by atoms with E-state index in [1.54, 1.807) is 0 Å². The van der Waals surface area contributed by atoms with Gasteiger partial charge in [-0.15, -0.1) is 0 Å². The molecule has 104 valence electrons. The molecule has 7 heteroatoms. The summed E-state index contributed by atoms with van der Waals surface area (Å²) < 4.78 is 0. The van der Waals surface area contributed by atoms with E-state index in [2.05, 4.69) is 10.3 Å². The summed E-state index contributed by atoms with van der Waals surface area (Å²) in [4.78, 5) is 26.2. The van der Waals surface area contributed by atoms with Crippen LogP contribution in [0.1, 0.15) is 26.7 Å². The molecule has 0 aromatic rings. The predicted octanol–water partition coefficient (Wildman–Crippen LogP) is -1.29. The van der Waals surface area contributed by atoms with Crippen molar-refractivity contribution < 1.29 is 9.59 Å². The molecule has 0 saturated carbocycles. The van der Waals surface area contributed by atoms with Crippen molar-refractivity contribution in [1.82, 2.24) is 5.32 Å². The molecule has 1 amide bonds. The fraction of sp³-hybridized carbons (Fsp3) is 0.727. The molecule has 0 saturated heterocycles. The van der Waals surface area contributed by atoms with E-state index < -0.39 is 12.1 Å². The van der Waals surface area contributed by atoms with E-state index in [0.29, 0.717) is 25.7 Å². The first-order chi connectivity index (χ1) is 8.38. The van der Waals surface area contributed by atoms with Gasteiger partial charge in [0.15, 0.2) is 5.96 Å². The Labute approximate surface area is 107 Å². The van der Waals surface area contributed by atoms with Crippen molar-refractivity contribution in [3.63, 3.8) is 0 Å². The van der Waals surface area contributed by atoms with Gasteiger partial charge in [0.1, 0.15) is 6.29 Å². The molecular weight excluding hydrogens is 234 g/mol. The molecule has 0 fully saturated rings. The summed E-state index contributed by atoms with van der Waals surface area (Å²) in [6, 6.07) is -1.15. The Hall–Kier alpha value is -1.63. The Balaban J connectivity index is 4.03. The first kappa shape index (κ1) is 16.4. The minimum Gasteiger partial charge on any atom is -0.370 e. The maximum Gasteiger partial charge on any atom is 0.237 e. The number of aliphatic imine (C=N–C) groups is 1. The fourth-order valence-electron chi connectivity index (χ4n) is 1.28. The van der Waals surface area contributed by atoms with Crippen molar-refractivity contribution in [1.29, 1.82) is 0 Å². The van der Waals surface area contributed by atoms with Gasteiger partial charge in [-0.3, -0.25) is 9.79 Å². The monoisotopic (exact) mass is 257 g/mol. The number of hydrogen-bond donors (Lipinski definition) is 4. The summed E-state index contributed by atoms with van der Waals surface area (Å²) in [6.07, 6.45) is 1.79. The highest BCUT2D eigenvalue weighted by Gasteiger charge is 2.19. The highest BCUT2D eigenvalue weighted by atomic mass is 16.2. The van der Waals surface area contributed by atoms with Crippen molar-refractivity contribution in [2.75, 3.05) is 6.54 Å². The van der Waals surface area contributed by atoms with Gasteiger partial charge in [-0.1, -0.05) is 13.8 Å². The number of hydrogen-bond acceptors (Lipinski definition) is 4. The van der Waals surface area contributed by atoms with Crippen LogP contribution in [0.2, 0.25) is 0 Å². The molecule has 2 unspecified atom stereocenters. The molecule has 0 aromatic heterocycles. The van der Waals surface area contributed by atoms with Gasteiger partial charge >= 0.3 is 0 Å². The zero-order chi connectivity index (χ0) is 14.1. The van der Waals surface area contributed by atoms with Crippen molar-refractivity contribution in [3.8, 4) is 0 Å². The molecule has 18 heavy (non-hydrogen) atoms. The maximum atomic E-state index is 11.7. The molecule has 0 aliphatic heterocycles. The second-order valence-electron chi connectivity index (χ2n) is 4.47. The summed E-state index contributed by atoms with van der Waals surface area (Å²) in [6.45, 7) is 4.14. The van der Waals surface area contributed by atoms with Crippen LogP contribution in [-0.4, -0.2) is 36.8 Å². The van der Waals surface area contributed by atoms with E-state index in [1.807, 2.05) is 13.8 Å². The second-order valence-corrected chi connectivity index (χ2v) is 4.47. The number of carbonyl (C=O) groups is 2. The SMILES string of the molecule is CC(C)C(C=O)NC(=O)C(N)CCCN=C(N)N. The summed E-state index contributed by atoms with van der Waals surface area (Å²) in [7, 11) is 0. The van der Waals surface area contributed by atoms with Crippen LogP contribution >= 0.6 is 0 Å². The Kier molecular flexibility index (Phi) is 7.69. The molecule has 0 spiro atoms. The van der Waals surface area contributed by atoms with Gasteiger partial charge in [0.05, 0.1) is 12.1 Å². The maximum absolute atomic E-state index is 11.7. The van der Waals surface area contributed by atoms with Crippen LogP contribution in [0.3, 0.4) is 0 Å². The Morgan fingerprint density at radius 1 is 1.39 bits per heavy atom. The zero-order valence-electron chi connectivity index (χ0n) is 10.9. The normalized spacial score (nSPS) is 13.8.